The van der Waals surface area contributed by atoms with Gasteiger partial charge in [-0.25, -0.2) is 13.6 Å². The Morgan fingerprint density at radius 1 is 1.20 bits per heavy atom. The zero-order valence-electron chi connectivity index (χ0n) is 12.5. The van der Waals surface area contributed by atoms with Gasteiger partial charge in [-0.3, -0.25) is 4.79 Å². The van der Waals surface area contributed by atoms with E-state index in [2.05, 4.69) is 10.4 Å². The van der Waals surface area contributed by atoms with Crippen LogP contribution in [0.5, 0.6) is 0 Å². The topological polar surface area (TPSA) is 77.1 Å². The maximum Gasteiger partial charge on any atom is 0.437 e. The van der Waals surface area contributed by atoms with Crippen LogP contribution in [-0.4, -0.2) is 15.7 Å². The van der Waals surface area contributed by atoms with Gasteiger partial charge in [0.15, 0.2) is 0 Å². The number of hydrogen-bond acceptors (Lipinski definition) is 4. The molecule has 128 valence electrons. The summed E-state index contributed by atoms with van der Waals surface area (Å²) in [6.45, 7) is -0.481. The predicted molar refractivity (Wildman–Crippen MR) is 86.2 cm³/mol. The zero-order valence-corrected chi connectivity index (χ0v) is 13.3. The smallest absolute Gasteiger partial charge is 0.388 e. The van der Waals surface area contributed by atoms with E-state index in [0.29, 0.717) is 5.56 Å². The van der Waals surface area contributed by atoms with Crippen LogP contribution in [0.4, 0.5) is 14.5 Å². The molecule has 0 atom stereocenters. The molecule has 1 aromatic heterocycles. The van der Waals surface area contributed by atoms with E-state index in [9.17, 15) is 18.4 Å². The molecular formula is C16H10ClF2N3O3. The van der Waals surface area contributed by atoms with Crippen LogP contribution in [0.15, 0.2) is 51.7 Å². The van der Waals surface area contributed by atoms with E-state index in [-0.39, 0.29) is 16.6 Å². The van der Waals surface area contributed by atoms with Gasteiger partial charge < -0.3 is 9.73 Å². The average Bonchev–Trinajstić information content (AvgIpc) is 2.91. The molecule has 0 aliphatic heterocycles. The molecule has 0 unspecified atom stereocenters. The molecule has 0 saturated carbocycles. The van der Waals surface area contributed by atoms with E-state index in [1.807, 2.05) is 0 Å². The van der Waals surface area contributed by atoms with Crippen molar-refractivity contribution in [2.45, 2.75) is 6.54 Å². The minimum absolute atomic E-state index is 0.0597. The Labute approximate surface area is 144 Å². The maximum atomic E-state index is 13.7. The number of carbonyl (C=O) groups is 1. The third-order valence-corrected chi connectivity index (χ3v) is 3.43. The van der Waals surface area contributed by atoms with Crippen molar-refractivity contribution in [1.29, 1.82) is 0 Å². The van der Waals surface area contributed by atoms with Crippen LogP contribution < -0.4 is 11.1 Å². The molecule has 0 saturated heterocycles. The number of aromatic nitrogens is 2. The predicted octanol–water partition coefficient (Wildman–Crippen LogP) is 3.07. The highest BCUT2D eigenvalue weighted by atomic mass is 35.5. The number of rotatable bonds is 4. The summed E-state index contributed by atoms with van der Waals surface area (Å²) in [5.74, 6) is -2.76. The van der Waals surface area contributed by atoms with Gasteiger partial charge in [-0.2, -0.15) is 4.68 Å². The van der Waals surface area contributed by atoms with Crippen LogP contribution in [0.1, 0.15) is 0 Å². The van der Waals surface area contributed by atoms with Gasteiger partial charge in [-0.15, -0.1) is 5.10 Å². The number of nitrogens with one attached hydrogen (secondary N) is 1. The van der Waals surface area contributed by atoms with Crippen molar-refractivity contribution < 1.29 is 18.0 Å². The number of carbonyl (C=O) groups excluding carboxylic acids is 1. The fraction of sp³-hybridized carbons (Fsp3) is 0.0625. The third kappa shape index (κ3) is 3.92. The van der Waals surface area contributed by atoms with Crippen molar-refractivity contribution in [3.8, 4) is 11.5 Å². The molecule has 1 N–H and O–H groups in total. The van der Waals surface area contributed by atoms with Gasteiger partial charge in [0, 0.05) is 10.6 Å². The van der Waals surface area contributed by atoms with E-state index in [0.717, 1.165) is 10.7 Å². The van der Waals surface area contributed by atoms with Crippen LogP contribution >= 0.6 is 11.6 Å². The molecule has 1 heterocycles. The first kappa shape index (κ1) is 16.8. The zero-order chi connectivity index (χ0) is 18.0. The first-order valence-electron chi connectivity index (χ1n) is 7.01. The number of amides is 1. The fourth-order valence-electron chi connectivity index (χ4n) is 2.03. The molecule has 25 heavy (non-hydrogen) atoms. The first-order valence-corrected chi connectivity index (χ1v) is 7.39. The molecule has 0 bridgehead atoms. The normalized spacial score (nSPS) is 10.7. The summed E-state index contributed by atoms with van der Waals surface area (Å²) in [6.07, 6.45) is 0. The van der Waals surface area contributed by atoms with Gasteiger partial charge in [0.25, 0.3) is 0 Å². The summed E-state index contributed by atoms with van der Waals surface area (Å²) in [4.78, 5) is 23.7. The standard InChI is InChI=1S/C16H10ClF2N3O3/c17-10-3-6-13(12(19)7-10)20-14(23)8-22-16(24)25-15(21-22)9-1-4-11(18)5-2-9/h1-7H,8H2,(H,20,23). The summed E-state index contributed by atoms with van der Waals surface area (Å²) in [5.41, 5.74) is 0.297. The lowest BCUT2D eigenvalue weighted by molar-refractivity contribution is -0.117. The van der Waals surface area contributed by atoms with Crippen LogP contribution in [-0.2, 0) is 11.3 Å². The quantitative estimate of drug-likeness (QED) is 0.770. The van der Waals surface area contributed by atoms with Crippen molar-refractivity contribution >= 4 is 23.2 Å². The van der Waals surface area contributed by atoms with Crippen molar-refractivity contribution in [2.24, 2.45) is 0 Å². The van der Waals surface area contributed by atoms with E-state index < -0.39 is 29.8 Å². The van der Waals surface area contributed by atoms with Crippen molar-refractivity contribution in [3.63, 3.8) is 0 Å². The summed E-state index contributed by atoms with van der Waals surface area (Å²) in [7, 11) is 0. The molecule has 3 aromatic rings. The second-order valence-corrected chi connectivity index (χ2v) is 5.45. The monoisotopic (exact) mass is 365 g/mol. The molecule has 0 spiro atoms. The van der Waals surface area contributed by atoms with Crippen LogP contribution in [0.25, 0.3) is 11.5 Å². The van der Waals surface area contributed by atoms with E-state index >= 15 is 0 Å². The second kappa shape index (κ2) is 6.86. The molecule has 9 heteroatoms. The Morgan fingerprint density at radius 3 is 2.60 bits per heavy atom. The van der Waals surface area contributed by atoms with E-state index in [1.54, 1.807) is 0 Å². The maximum absolute atomic E-state index is 13.7. The summed E-state index contributed by atoms with van der Waals surface area (Å²) >= 11 is 5.63. The average molecular weight is 366 g/mol. The molecule has 3 rings (SSSR count). The van der Waals surface area contributed by atoms with Crippen molar-refractivity contribution in [3.05, 3.63) is 69.7 Å². The van der Waals surface area contributed by atoms with E-state index in [1.165, 1.54) is 36.4 Å². The lowest BCUT2D eigenvalue weighted by Crippen LogP contribution is -2.26. The molecule has 0 aliphatic carbocycles. The summed E-state index contributed by atoms with van der Waals surface area (Å²) < 4.78 is 32.3. The first-order chi connectivity index (χ1) is 11.9. The summed E-state index contributed by atoms with van der Waals surface area (Å²) in [6, 6.07) is 8.89. The van der Waals surface area contributed by atoms with Gasteiger partial charge >= 0.3 is 5.76 Å². The van der Waals surface area contributed by atoms with Gasteiger partial charge in [0.05, 0.1) is 5.69 Å². The molecule has 1 amide bonds. The van der Waals surface area contributed by atoms with Crippen LogP contribution in [0.3, 0.4) is 0 Å². The molecule has 0 radical (unpaired) electrons. The molecular weight excluding hydrogens is 356 g/mol. The number of anilines is 1. The number of hydrogen-bond donors (Lipinski definition) is 1. The van der Waals surface area contributed by atoms with Gasteiger partial charge in [-0.1, -0.05) is 11.6 Å². The minimum atomic E-state index is -0.869. The lowest BCUT2D eigenvalue weighted by atomic mass is 10.2. The largest absolute Gasteiger partial charge is 0.437 e. The number of halogens is 3. The Kier molecular flexibility index (Phi) is 4.62. The van der Waals surface area contributed by atoms with Crippen LogP contribution in [0, 0.1) is 11.6 Å². The molecule has 6 nitrogen and oxygen atoms in total. The molecule has 0 aliphatic rings. The Balaban J connectivity index is 1.75. The fourth-order valence-corrected chi connectivity index (χ4v) is 2.19. The van der Waals surface area contributed by atoms with Gasteiger partial charge in [0.1, 0.15) is 18.2 Å². The highest BCUT2D eigenvalue weighted by molar-refractivity contribution is 6.30. The van der Waals surface area contributed by atoms with Crippen LogP contribution in [0.2, 0.25) is 5.02 Å². The number of nitrogens with zero attached hydrogens (tertiary/aromatic N) is 2. The SMILES string of the molecule is O=C(Cn1nc(-c2ccc(F)cc2)oc1=O)Nc1ccc(Cl)cc1F. The van der Waals surface area contributed by atoms with Crippen molar-refractivity contribution in [1.82, 2.24) is 9.78 Å². The Morgan fingerprint density at radius 2 is 1.92 bits per heavy atom. The number of benzene rings is 2. The highest BCUT2D eigenvalue weighted by Crippen LogP contribution is 2.19. The molecule has 0 fully saturated rings. The highest BCUT2D eigenvalue weighted by Gasteiger charge is 2.14. The Hall–Kier alpha value is -3.00. The minimum Gasteiger partial charge on any atom is -0.388 e. The Bertz CT molecular complexity index is 983. The second-order valence-electron chi connectivity index (χ2n) is 5.01. The third-order valence-electron chi connectivity index (χ3n) is 3.20. The lowest BCUT2D eigenvalue weighted by Gasteiger charge is -2.05. The summed E-state index contributed by atoms with van der Waals surface area (Å²) in [5, 5.41) is 6.36. The molecule has 2 aromatic carbocycles. The van der Waals surface area contributed by atoms with Crippen molar-refractivity contribution in [2.75, 3.05) is 5.32 Å². The van der Waals surface area contributed by atoms with Gasteiger partial charge in [0.2, 0.25) is 11.8 Å². The van der Waals surface area contributed by atoms with E-state index in [4.69, 9.17) is 16.0 Å². The van der Waals surface area contributed by atoms with Gasteiger partial charge in [-0.05, 0) is 42.5 Å².